The average Bonchev–Trinajstić information content (AvgIpc) is 2.18. The summed E-state index contributed by atoms with van der Waals surface area (Å²) < 4.78 is 10.5. The predicted octanol–water partition coefficient (Wildman–Crippen LogP) is 2.39. The normalized spacial score (nSPS) is 22.1. The second-order valence-electron chi connectivity index (χ2n) is 4.06. The standard InChI is InChI=1S/C11H11ClO4/c1-11(2)7-5-6(12)3-4-8(7)15-10(16-11)9(13)14/h3-5,10H,1-2H3,(H,13,14). The molecule has 0 aromatic heterocycles. The third kappa shape index (κ3) is 1.86. The Morgan fingerprint density at radius 2 is 2.19 bits per heavy atom. The molecule has 0 amide bonds. The van der Waals surface area contributed by atoms with Gasteiger partial charge in [-0.15, -0.1) is 0 Å². The van der Waals surface area contributed by atoms with Crippen molar-refractivity contribution >= 4 is 17.6 Å². The third-order valence-electron chi connectivity index (χ3n) is 2.43. The second kappa shape index (κ2) is 3.64. The van der Waals surface area contributed by atoms with Gasteiger partial charge in [0.1, 0.15) is 5.75 Å². The van der Waals surface area contributed by atoms with Crippen LogP contribution in [-0.4, -0.2) is 17.4 Å². The van der Waals surface area contributed by atoms with Gasteiger partial charge in [0.15, 0.2) is 0 Å². The highest BCUT2D eigenvalue weighted by Crippen LogP contribution is 2.39. The van der Waals surface area contributed by atoms with Crippen molar-refractivity contribution in [2.45, 2.75) is 25.7 Å². The molecule has 1 aromatic carbocycles. The van der Waals surface area contributed by atoms with E-state index in [9.17, 15) is 4.79 Å². The molecule has 1 heterocycles. The Balaban J connectivity index is 2.47. The Labute approximate surface area is 97.7 Å². The maximum Gasteiger partial charge on any atom is 0.373 e. The number of ether oxygens (including phenoxy) is 2. The van der Waals surface area contributed by atoms with Gasteiger partial charge in [-0.05, 0) is 32.0 Å². The van der Waals surface area contributed by atoms with Crippen LogP contribution in [0.25, 0.3) is 0 Å². The van der Waals surface area contributed by atoms with Gasteiger partial charge in [0.2, 0.25) is 0 Å². The Morgan fingerprint density at radius 3 is 2.81 bits per heavy atom. The fourth-order valence-corrected chi connectivity index (χ4v) is 1.82. The molecule has 1 aliphatic rings. The van der Waals surface area contributed by atoms with Crippen molar-refractivity contribution in [3.8, 4) is 5.75 Å². The third-order valence-corrected chi connectivity index (χ3v) is 2.66. The van der Waals surface area contributed by atoms with Crippen LogP contribution in [0.2, 0.25) is 5.02 Å². The number of fused-ring (bicyclic) bond motifs is 1. The Bertz CT molecular complexity index is 442. The van der Waals surface area contributed by atoms with E-state index in [1.165, 1.54) is 0 Å². The van der Waals surface area contributed by atoms with E-state index in [-0.39, 0.29) is 0 Å². The predicted molar refractivity (Wildman–Crippen MR) is 57.6 cm³/mol. The highest BCUT2D eigenvalue weighted by molar-refractivity contribution is 6.30. The lowest BCUT2D eigenvalue weighted by atomic mass is 9.96. The summed E-state index contributed by atoms with van der Waals surface area (Å²) in [5, 5.41) is 9.44. The first kappa shape index (κ1) is 11.2. The van der Waals surface area contributed by atoms with Crippen LogP contribution < -0.4 is 4.74 Å². The van der Waals surface area contributed by atoms with Crippen molar-refractivity contribution in [2.24, 2.45) is 0 Å². The lowest BCUT2D eigenvalue weighted by Gasteiger charge is -2.36. The van der Waals surface area contributed by atoms with Gasteiger partial charge >= 0.3 is 5.97 Å². The summed E-state index contributed by atoms with van der Waals surface area (Å²) in [5.74, 6) is -0.651. The van der Waals surface area contributed by atoms with Crippen LogP contribution in [0.4, 0.5) is 0 Å². The number of aliphatic carboxylic acids is 1. The number of halogens is 1. The molecule has 16 heavy (non-hydrogen) atoms. The smallest absolute Gasteiger partial charge is 0.373 e. The fourth-order valence-electron chi connectivity index (χ4n) is 1.65. The second-order valence-corrected chi connectivity index (χ2v) is 4.49. The number of carboxylic acids is 1. The summed E-state index contributed by atoms with van der Waals surface area (Å²) in [6, 6.07) is 5.02. The lowest BCUT2D eigenvalue weighted by molar-refractivity contribution is -0.206. The number of rotatable bonds is 1. The summed E-state index contributed by atoms with van der Waals surface area (Å²) in [6.07, 6.45) is -1.27. The zero-order chi connectivity index (χ0) is 11.9. The number of hydrogen-bond acceptors (Lipinski definition) is 3. The van der Waals surface area contributed by atoms with E-state index in [4.69, 9.17) is 26.2 Å². The largest absolute Gasteiger partial charge is 0.477 e. The molecule has 4 nitrogen and oxygen atoms in total. The lowest BCUT2D eigenvalue weighted by Crippen LogP contribution is -2.42. The molecule has 1 aromatic rings. The number of carbonyl (C=O) groups is 1. The van der Waals surface area contributed by atoms with Crippen LogP contribution in [0.15, 0.2) is 18.2 Å². The van der Waals surface area contributed by atoms with Gasteiger partial charge in [0.25, 0.3) is 6.29 Å². The van der Waals surface area contributed by atoms with Crippen molar-refractivity contribution in [1.82, 2.24) is 0 Å². The SMILES string of the molecule is CC1(C)OC(C(=O)O)Oc2ccc(Cl)cc21. The molecule has 0 radical (unpaired) electrons. The van der Waals surface area contributed by atoms with Gasteiger partial charge in [-0.1, -0.05) is 11.6 Å². The molecule has 1 unspecified atom stereocenters. The summed E-state index contributed by atoms with van der Waals surface area (Å²) in [7, 11) is 0. The summed E-state index contributed by atoms with van der Waals surface area (Å²) in [5.41, 5.74) is 0.0131. The van der Waals surface area contributed by atoms with Crippen molar-refractivity contribution in [3.63, 3.8) is 0 Å². The first-order valence-electron chi connectivity index (χ1n) is 4.77. The van der Waals surface area contributed by atoms with E-state index in [0.29, 0.717) is 10.8 Å². The highest BCUT2D eigenvalue weighted by Gasteiger charge is 2.38. The molecular formula is C11H11ClO4. The summed E-state index contributed by atoms with van der Waals surface area (Å²) >= 11 is 5.88. The van der Waals surface area contributed by atoms with Crippen molar-refractivity contribution in [3.05, 3.63) is 28.8 Å². The van der Waals surface area contributed by atoms with E-state index >= 15 is 0 Å². The maximum absolute atomic E-state index is 10.8. The molecule has 0 bridgehead atoms. The molecule has 86 valence electrons. The molecule has 5 heteroatoms. The maximum atomic E-state index is 10.8. The number of carboxylic acid groups (broad SMARTS) is 1. The zero-order valence-electron chi connectivity index (χ0n) is 8.86. The molecule has 1 aliphatic heterocycles. The monoisotopic (exact) mass is 242 g/mol. The van der Waals surface area contributed by atoms with Gasteiger partial charge in [-0.2, -0.15) is 0 Å². The minimum atomic E-state index is -1.27. The number of benzene rings is 1. The van der Waals surface area contributed by atoms with E-state index in [2.05, 4.69) is 0 Å². The van der Waals surface area contributed by atoms with Crippen LogP contribution in [0.3, 0.4) is 0 Å². The molecule has 1 N–H and O–H groups in total. The van der Waals surface area contributed by atoms with E-state index < -0.39 is 17.9 Å². The van der Waals surface area contributed by atoms with Crippen LogP contribution in [0.1, 0.15) is 19.4 Å². The molecule has 2 rings (SSSR count). The molecule has 0 aliphatic carbocycles. The first-order chi connectivity index (χ1) is 7.40. The fraction of sp³-hybridized carbons (Fsp3) is 0.364. The topological polar surface area (TPSA) is 55.8 Å². The van der Waals surface area contributed by atoms with Crippen LogP contribution in [0, 0.1) is 0 Å². The number of hydrogen-bond donors (Lipinski definition) is 1. The molecule has 0 saturated carbocycles. The molecule has 0 spiro atoms. The summed E-state index contributed by atoms with van der Waals surface area (Å²) in [4.78, 5) is 10.8. The minimum Gasteiger partial charge on any atom is -0.477 e. The molecule has 0 saturated heterocycles. The Morgan fingerprint density at radius 1 is 1.50 bits per heavy atom. The van der Waals surface area contributed by atoms with Gasteiger partial charge in [-0.25, -0.2) is 4.79 Å². The summed E-state index contributed by atoms with van der Waals surface area (Å²) in [6.45, 7) is 3.56. The van der Waals surface area contributed by atoms with E-state index in [1.807, 2.05) is 0 Å². The van der Waals surface area contributed by atoms with Gasteiger partial charge in [0.05, 0.1) is 5.60 Å². The van der Waals surface area contributed by atoms with Gasteiger partial charge < -0.3 is 14.6 Å². The van der Waals surface area contributed by atoms with Crippen molar-refractivity contribution < 1.29 is 19.4 Å². The molecule has 0 fully saturated rings. The van der Waals surface area contributed by atoms with Gasteiger partial charge in [0, 0.05) is 10.6 Å². The van der Waals surface area contributed by atoms with Crippen LogP contribution in [-0.2, 0) is 15.1 Å². The van der Waals surface area contributed by atoms with Crippen molar-refractivity contribution in [1.29, 1.82) is 0 Å². The minimum absolute atomic E-state index is 0.494. The molecule has 1 atom stereocenters. The Hall–Kier alpha value is -1.26. The van der Waals surface area contributed by atoms with E-state index in [0.717, 1.165) is 5.56 Å². The van der Waals surface area contributed by atoms with Crippen LogP contribution in [0.5, 0.6) is 5.75 Å². The van der Waals surface area contributed by atoms with Crippen molar-refractivity contribution in [2.75, 3.05) is 0 Å². The average molecular weight is 243 g/mol. The highest BCUT2D eigenvalue weighted by atomic mass is 35.5. The molecular weight excluding hydrogens is 232 g/mol. The Kier molecular flexibility index (Phi) is 2.56. The van der Waals surface area contributed by atoms with E-state index in [1.54, 1.807) is 32.0 Å². The van der Waals surface area contributed by atoms with Crippen LogP contribution >= 0.6 is 11.6 Å². The first-order valence-corrected chi connectivity index (χ1v) is 5.15. The quantitative estimate of drug-likeness (QED) is 0.822. The van der Waals surface area contributed by atoms with Gasteiger partial charge in [-0.3, -0.25) is 0 Å². The zero-order valence-corrected chi connectivity index (χ0v) is 9.62.